The van der Waals surface area contributed by atoms with E-state index in [0.717, 1.165) is 35.5 Å². The second-order valence-electron chi connectivity index (χ2n) is 8.69. The van der Waals surface area contributed by atoms with Crippen molar-refractivity contribution in [1.82, 2.24) is 20.0 Å². The predicted octanol–water partition coefficient (Wildman–Crippen LogP) is 3.85. The largest absolute Gasteiger partial charge is 0.447 e. The van der Waals surface area contributed by atoms with E-state index in [9.17, 15) is 9.59 Å². The molecular formula is C23H34ClN5O3. The van der Waals surface area contributed by atoms with Gasteiger partial charge in [-0.1, -0.05) is 6.07 Å². The van der Waals surface area contributed by atoms with Crippen molar-refractivity contribution in [1.29, 1.82) is 0 Å². The summed E-state index contributed by atoms with van der Waals surface area (Å²) in [5.41, 5.74) is 3.73. The first-order valence-electron chi connectivity index (χ1n) is 10.7. The average molecular weight is 464 g/mol. The molecule has 3 rings (SSSR count). The number of aromatic nitrogens is 2. The van der Waals surface area contributed by atoms with Crippen LogP contribution in [-0.2, 0) is 16.1 Å². The molecule has 0 spiro atoms. The van der Waals surface area contributed by atoms with Gasteiger partial charge in [0.2, 0.25) is 5.91 Å². The lowest BCUT2D eigenvalue weighted by Gasteiger charge is -2.39. The molecule has 1 aromatic heterocycles. The molecule has 1 aliphatic heterocycles. The van der Waals surface area contributed by atoms with Gasteiger partial charge in [-0.25, -0.2) is 4.79 Å². The molecule has 2 heterocycles. The van der Waals surface area contributed by atoms with Crippen molar-refractivity contribution in [2.24, 2.45) is 0 Å². The van der Waals surface area contributed by atoms with Gasteiger partial charge in [0.05, 0.1) is 24.9 Å². The Morgan fingerprint density at radius 3 is 2.62 bits per heavy atom. The molecule has 2 atom stereocenters. The van der Waals surface area contributed by atoms with Gasteiger partial charge in [0.1, 0.15) is 0 Å². The number of rotatable bonds is 6. The minimum atomic E-state index is -0.448. The van der Waals surface area contributed by atoms with Crippen LogP contribution in [0.3, 0.4) is 0 Å². The van der Waals surface area contributed by atoms with Crippen LogP contribution in [0.1, 0.15) is 45.7 Å². The van der Waals surface area contributed by atoms with Crippen molar-refractivity contribution in [2.75, 3.05) is 25.5 Å². The molecule has 1 aromatic carbocycles. The Morgan fingerprint density at radius 1 is 1.28 bits per heavy atom. The number of hydrogen-bond acceptors (Lipinski definition) is 5. The molecule has 0 aliphatic carbocycles. The van der Waals surface area contributed by atoms with Crippen LogP contribution in [0.25, 0.3) is 11.1 Å². The maximum Gasteiger partial charge on any atom is 0.407 e. The van der Waals surface area contributed by atoms with Gasteiger partial charge in [0, 0.05) is 37.0 Å². The van der Waals surface area contributed by atoms with E-state index < -0.39 is 6.09 Å². The van der Waals surface area contributed by atoms with Crippen LogP contribution >= 0.6 is 12.4 Å². The van der Waals surface area contributed by atoms with Crippen LogP contribution in [0.15, 0.2) is 30.6 Å². The van der Waals surface area contributed by atoms with Gasteiger partial charge in [0.25, 0.3) is 0 Å². The molecular weight excluding hydrogens is 430 g/mol. The van der Waals surface area contributed by atoms with Gasteiger partial charge in [-0.15, -0.1) is 12.4 Å². The molecule has 2 amide bonds. The summed E-state index contributed by atoms with van der Waals surface area (Å²) in [6, 6.07) is 5.74. The Morgan fingerprint density at radius 2 is 2.00 bits per heavy atom. The van der Waals surface area contributed by atoms with Crippen molar-refractivity contribution >= 4 is 30.1 Å². The molecule has 2 aromatic rings. The lowest BCUT2D eigenvalue weighted by Crippen LogP contribution is -2.45. The monoisotopic (exact) mass is 463 g/mol. The van der Waals surface area contributed by atoms with Crippen molar-refractivity contribution in [3.8, 4) is 11.1 Å². The third-order valence-electron chi connectivity index (χ3n) is 5.40. The Balaban J connectivity index is 0.00000363. The van der Waals surface area contributed by atoms with Gasteiger partial charge in [0.15, 0.2) is 0 Å². The number of amides is 2. The lowest BCUT2D eigenvalue weighted by atomic mass is 9.89. The van der Waals surface area contributed by atoms with Gasteiger partial charge < -0.3 is 19.9 Å². The zero-order valence-electron chi connectivity index (χ0n) is 19.7. The number of carbonyl (C=O) groups is 2. The summed E-state index contributed by atoms with van der Waals surface area (Å²) in [5.74, 6) is -0.0128. The molecule has 176 valence electrons. The summed E-state index contributed by atoms with van der Waals surface area (Å²) >= 11 is 0. The van der Waals surface area contributed by atoms with Crippen molar-refractivity contribution in [3.63, 3.8) is 0 Å². The highest BCUT2D eigenvalue weighted by Gasteiger charge is 2.33. The lowest BCUT2D eigenvalue weighted by molar-refractivity contribution is -0.117. The topological polar surface area (TPSA) is 79.7 Å². The normalized spacial score (nSPS) is 17.7. The Labute approximate surface area is 196 Å². The molecule has 0 fully saturated rings. The van der Waals surface area contributed by atoms with Crippen molar-refractivity contribution in [2.45, 2.75) is 58.8 Å². The molecule has 0 bridgehead atoms. The van der Waals surface area contributed by atoms with E-state index in [0.29, 0.717) is 6.42 Å². The first kappa shape index (κ1) is 25.7. The van der Waals surface area contributed by atoms with E-state index in [1.54, 1.807) is 11.8 Å². The summed E-state index contributed by atoms with van der Waals surface area (Å²) in [6.07, 6.45) is 3.84. The number of halogens is 1. The van der Waals surface area contributed by atoms with Crippen LogP contribution in [0.4, 0.5) is 10.5 Å². The molecule has 1 N–H and O–H groups in total. The highest BCUT2D eigenvalue weighted by Crippen LogP contribution is 2.39. The molecule has 0 saturated heterocycles. The van der Waals surface area contributed by atoms with E-state index in [1.165, 1.54) is 0 Å². The summed E-state index contributed by atoms with van der Waals surface area (Å²) in [4.78, 5) is 28.5. The number of fused-ring (bicyclic) bond motifs is 1. The highest BCUT2D eigenvalue weighted by molar-refractivity contribution is 5.94. The maximum absolute atomic E-state index is 12.3. The van der Waals surface area contributed by atoms with Crippen LogP contribution < -0.4 is 10.2 Å². The number of alkyl carbamates (subject to hydrolysis) is 1. The first-order valence-corrected chi connectivity index (χ1v) is 10.7. The van der Waals surface area contributed by atoms with Crippen LogP contribution in [0.5, 0.6) is 0 Å². The molecule has 32 heavy (non-hydrogen) atoms. The average Bonchev–Trinajstić information content (AvgIpc) is 3.14. The molecule has 0 saturated carbocycles. The zero-order valence-corrected chi connectivity index (χ0v) is 20.5. The maximum atomic E-state index is 12.3. The molecule has 1 aliphatic rings. The summed E-state index contributed by atoms with van der Waals surface area (Å²) < 4.78 is 7.22. The minimum Gasteiger partial charge on any atom is -0.447 e. The van der Waals surface area contributed by atoms with Crippen LogP contribution in [0.2, 0.25) is 0 Å². The van der Waals surface area contributed by atoms with Gasteiger partial charge in [-0.2, -0.15) is 5.10 Å². The van der Waals surface area contributed by atoms with Crippen molar-refractivity contribution in [3.05, 3.63) is 36.2 Å². The third-order valence-corrected chi connectivity index (χ3v) is 5.40. The number of anilines is 1. The SMILES string of the molecule is CC(=O)N1c2ccc(-c3cnn(CCN(C)C)c3)cc2[C@H](NC(=O)OC(C)C)C[C@@H]1C.Cl. The summed E-state index contributed by atoms with van der Waals surface area (Å²) in [6.45, 7) is 8.92. The van der Waals surface area contributed by atoms with E-state index in [4.69, 9.17) is 4.74 Å². The third kappa shape index (κ3) is 6.01. The van der Waals surface area contributed by atoms with Crippen molar-refractivity contribution < 1.29 is 14.3 Å². The standard InChI is InChI=1S/C23H33N5O3.ClH/c1-15(2)31-23(30)25-21-11-16(3)28(17(4)29)22-8-7-18(12-20(21)22)19-13-24-27(14-19)10-9-26(5)6;/h7-8,12-16,21H,9-11H2,1-6H3,(H,25,30);1H/t16-,21+;/m0./s1. The number of carbonyl (C=O) groups excluding carboxylic acids is 2. The summed E-state index contributed by atoms with van der Waals surface area (Å²) in [7, 11) is 4.07. The fourth-order valence-corrected chi connectivity index (χ4v) is 3.99. The second kappa shape index (κ2) is 10.8. The Kier molecular flexibility index (Phi) is 8.69. The summed E-state index contributed by atoms with van der Waals surface area (Å²) in [5, 5.41) is 7.46. The number of likely N-dealkylation sites (N-methyl/N-ethyl adjacent to an activating group) is 1. The number of benzene rings is 1. The number of nitrogens with one attached hydrogen (secondary N) is 1. The van der Waals surface area contributed by atoms with E-state index >= 15 is 0 Å². The number of nitrogens with zero attached hydrogens (tertiary/aromatic N) is 4. The fourth-order valence-electron chi connectivity index (χ4n) is 3.99. The molecule has 8 nitrogen and oxygen atoms in total. The highest BCUT2D eigenvalue weighted by atomic mass is 35.5. The van der Waals surface area contributed by atoms with Gasteiger partial charge in [-0.3, -0.25) is 9.48 Å². The Hall–Kier alpha value is -2.58. The van der Waals surface area contributed by atoms with Gasteiger partial charge in [-0.05, 0) is 64.5 Å². The van der Waals surface area contributed by atoms with Gasteiger partial charge >= 0.3 is 6.09 Å². The number of ether oxygens (including phenoxy) is 1. The van der Waals surface area contributed by atoms with Crippen LogP contribution in [0, 0.1) is 0 Å². The Bertz CT molecular complexity index is 943. The molecule has 9 heteroatoms. The smallest absolute Gasteiger partial charge is 0.407 e. The second-order valence-corrected chi connectivity index (χ2v) is 8.69. The van der Waals surface area contributed by atoms with E-state index in [1.807, 2.05) is 70.1 Å². The molecule has 0 radical (unpaired) electrons. The minimum absolute atomic E-state index is 0. The molecule has 0 unspecified atom stereocenters. The van der Waals surface area contributed by atoms with E-state index in [-0.39, 0.29) is 36.5 Å². The quantitative estimate of drug-likeness (QED) is 0.703. The van der Waals surface area contributed by atoms with E-state index in [2.05, 4.69) is 15.3 Å². The zero-order chi connectivity index (χ0) is 22.7. The first-order chi connectivity index (χ1) is 14.7. The number of hydrogen-bond donors (Lipinski definition) is 1. The predicted molar refractivity (Wildman–Crippen MR) is 128 cm³/mol. The van der Waals surface area contributed by atoms with Crippen LogP contribution in [-0.4, -0.2) is 59.5 Å². The fraction of sp³-hybridized carbons (Fsp3) is 0.522.